The Kier molecular flexibility index (Phi) is 10.3. The van der Waals surface area contributed by atoms with E-state index in [2.05, 4.69) is 0 Å². The standard InChI is InChI=1S/C11H14BF4O3.K/c1-17-4-5-18-6-7-19-11-3-2-9(13)8-10(11)12(14,15)16;/h2-3,8H,4-7H2,1H3;/q-1;+1. The van der Waals surface area contributed by atoms with Crippen LogP contribution in [0.3, 0.4) is 0 Å². The van der Waals surface area contributed by atoms with Crippen LogP contribution in [0, 0.1) is 5.82 Å². The summed E-state index contributed by atoms with van der Waals surface area (Å²) >= 11 is 0. The smallest absolute Gasteiger partial charge is 0.494 e. The third kappa shape index (κ3) is 7.39. The molecule has 0 amide bonds. The van der Waals surface area contributed by atoms with Gasteiger partial charge in [0.25, 0.3) is 0 Å². The molecule has 0 aliphatic heterocycles. The fourth-order valence-electron chi connectivity index (χ4n) is 1.36. The Morgan fingerprint density at radius 3 is 2.30 bits per heavy atom. The SMILES string of the molecule is COCCOCCOc1ccc(F)cc1[B-](F)(F)F.[K+]. The van der Waals surface area contributed by atoms with Crippen molar-refractivity contribution in [3.8, 4) is 5.75 Å². The van der Waals surface area contributed by atoms with Crippen LogP contribution in [0.4, 0.5) is 17.3 Å². The summed E-state index contributed by atoms with van der Waals surface area (Å²) in [6.07, 6.45) is 0. The topological polar surface area (TPSA) is 27.7 Å². The first kappa shape index (κ1) is 20.4. The monoisotopic (exact) mass is 320 g/mol. The van der Waals surface area contributed by atoms with Gasteiger partial charge >= 0.3 is 58.4 Å². The number of hydrogen-bond acceptors (Lipinski definition) is 3. The minimum atomic E-state index is -5.31. The quantitative estimate of drug-likeness (QED) is 0.347. The molecule has 1 rings (SSSR count). The average molecular weight is 320 g/mol. The number of hydrogen-bond donors (Lipinski definition) is 0. The molecule has 1 aromatic rings. The van der Waals surface area contributed by atoms with E-state index in [1.807, 2.05) is 0 Å². The van der Waals surface area contributed by atoms with E-state index in [1.165, 1.54) is 7.11 Å². The van der Waals surface area contributed by atoms with E-state index in [1.54, 1.807) is 0 Å². The van der Waals surface area contributed by atoms with Crippen molar-refractivity contribution in [2.75, 3.05) is 33.5 Å². The molecule has 0 aliphatic carbocycles. The van der Waals surface area contributed by atoms with Crippen molar-refractivity contribution in [1.29, 1.82) is 0 Å². The van der Waals surface area contributed by atoms with Gasteiger partial charge in [-0.25, -0.2) is 4.39 Å². The van der Waals surface area contributed by atoms with E-state index in [0.29, 0.717) is 19.3 Å². The molecule has 0 radical (unpaired) electrons. The van der Waals surface area contributed by atoms with E-state index in [4.69, 9.17) is 14.2 Å². The number of ether oxygens (including phenoxy) is 3. The molecule has 108 valence electrons. The fraction of sp³-hybridized carbons (Fsp3) is 0.455. The second-order valence-electron chi connectivity index (χ2n) is 3.71. The molecule has 3 nitrogen and oxygen atoms in total. The van der Waals surface area contributed by atoms with Gasteiger partial charge in [0.05, 0.1) is 25.6 Å². The van der Waals surface area contributed by atoms with Crippen LogP contribution >= 0.6 is 0 Å². The summed E-state index contributed by atoms with van der Waals surface area (Å²) in [5.41, 5.74) is -1.07. The molecular formula is C11H14BF4KO3. The molecule has 0 aromatic heterocycles. The van der Waals surface area contributed by atoms with Gasteiger partial charge < -0.3 is 27.2 Å². The van der Waals surface area contributed by atoms with Crippen molar-refractivity contribution < 1.29 is 82.9 Å². The maximum Gasteiger partial charge on any atom is 1.00 e. The van der Waals surface area contributed by atoms with Crippen LogP contribution < -0.4 is 61.6 Å². The van der Waals surface area contributed by atoms with E-state index in [-0.39, 0.29) is 70.3 Å². The van der Waals surface area contributed by atoms with Crippen LogP contribution in [0.5, 0.6) is 5.75 Å². The van der Waals surface area contributed by atoms with E-state index < -0.39 is 18.3 Å². The molecule has 1 aromatic carbocycles. The minimum Gasteiger partial charge on any atom is -0.494 e. The van der Waals surface area contributed by atoms with Crippen molar-refractivity contribution in [2.24, 2.45) is 0 Å². The number of methoxy groups -OCH3 is 1. The maximum atomic E-state index is 12.8. The summed E-state index contributed by atoms with van der Waals surface area (Å²) in [5.74, 6) is -1.33. The van der Waals surface area contributed by atoms with Crippen LogP contribution in [0.1, 0.15) is 0 Å². The van der Waals surface area contributed by atoms with Crippen molar-refractivity contribution in [1.82, 2.24) is 0 Å². The Morgan fingerprint density at radius 1 is 1.05 bits per heavy atom. The first-order valence-electron chi connectivity index (χ1n) is 5.64. The predicted molar refractivity (Wildman–Crippen MR) is 63.3 cm³/mol. The average Bonchev–Trinajstić information content (AvgIpc) is 2.34. The van der Waals surface area contributed by atoms with Gasteiger partial charge in [-0.15, -0.1) is 0 Å². The van der Waals surface area contributed by atoms with Crippen molar-refractivity contribution in [2.45, 2.75) is 0 Å². The molecular weight excluding hydrogens is 306 g/mol. The molecule has 0 N–H and O–H groups in total. The van der Waals surface area contributed by atoms with Gasteiger partial charge in [-0.2, -0.15) is 0 Å². The summed E-state index contributed by atoms with van der Waals surface area (Å²) < 4.78 is 65.6. The molecule has 20 heavy (non-hydrogen) atoms. The zero-order chi connectivity index (χ0) is 14.3. The Bertz CT molecular complexity index is 404. The van der Waals surface area contributed by atoms with Gasteiger partial charge in [-0.05, 0) is 18.2 Å². The second-order valence-corrected chi connectivity index (χ2v) is 3.71. The van der Waals surface area contributed by atoms with E-state index >= 15 is 0 Å². The molecule has 0 saturated carbocycles. The summed E-state index contributed by atoms with van der Waals surface area (Å²) in [6.45, 7) is -4.50. The number of halogens is 4. The van der Waals surface area contributed by atoms with Gasteiger partial charge in [-0.1, -0.05) is 5.46 Å². The number of benzene rings is 1. The summed E-state index contributed by atoms with van der Waals surface area (Å²) in [4.78, 5) is 0. The van der Waals surface area contributed by atoms with Crippen molar-refractivity contribution in [3.05, 3.63) is 24.0 Å². The largest absolute Gasteiger partial charge is 1.00 e. The molecule has 0 unspecified atom stereocenters. The summed E-state index contributed by atoms with van der Waals surface area (Å²) in [7, 11) is 1.51. The van der Waals surface area contributed by atoms with E-state index in [9.17, 15) is 17.3 Å². The van der Waals surface area contributed by atoms with Crippen LogP contribution in [-0.2, 0) is 9.47 Å². The first-order chi connectivity index (χ1) is 8.95. The molecule has 9 heteroatoms. The van der Waals surface area contributed by atoms with Gasteiger partial charge in [0.2, 0.25) is 0 Å². The van der Waals surface area contributed by atoms with Gasteiger partial charge in [-0.3, -0.25) is 0 Å². The first-order valence-corrected chi connectivity index (χ1v) is 5.64. The molecule has 0 atom stereocenters. The summed E-state index contributed by atoms with van der Waals surface area (Å²) in [5, 5.41) is 0. The Labute approximate surface area is 157 Å². The van der Waals surface area contributed by atoms with Gasteiger partial charge in [0.1, 0.15) is 12.4 Å². The fourth-order valence-corrected chi connectivity index (χ4v) is 1.36. The van der Waals surface area contributed by atoms with Crippen LogP contribution in [-0.4, -0.2) is 40.5 Å². The molecule has 0 fully saturated rings. The Hall–Kier alpha value is 0.361. The Morgan fingerprint density at radius 2 is 1.70 bits per heavy atom. The van der Waals surface area contributed by atoms with Crippen LogP contribution in [0.2, 0.25) is 0 Å². The predicted octanol–water partition coefficient (Wildman–Crippen LogP) is -1.07. The van der Waals surface area contributed by atoms with Crippen molar-refractivity contribution in [3.63, 3.8) is 0 Å². The Balaban J connectivity index is 0.00000361. The van der Waals surface area contributed by atoms with Gasteiger partial charge in [0, 0.05) is 7.11 Å². The van der Waals surface area contributed by atoms with Crippen molar-refractivity contribution >= 4 is 12.4 Å². The summed E-state index contributed by atoms with van der Waals surface area (Å²) in [6, 6.07) is 2.32. The minimum absolute atomic E-state index is 0. The third-order valence-electron chi connectivity index (χ3n) is 2.24. The molecule has 0 aliphatic rings. The molecule has 0 spiro atoms. The molecule has 0 bridgehead atoms. The second kappa shape index (κ2) is 10.1. The van der Waals surface area contributed by atoms with E-state index in [0.717, 1.165) is 12.1 Å². The van der Waals surface area contributed by atoms with Crippen LogP contribution in [0.15, 0.2) is 18.2 Å². The normalized spacial score (nSPS) is 11.1. The van der Waals surface area contributed by atoms with Gasteiger partial charge in [0.15, 0.2) is 0 Å². The zero-order valence-corrected chi connectivity index (χ0v) is 14.5. The molecule has 0 heterocycles. The molecule has 0 saturated heterocycles. The third-order valence-corrected chi connectivity index (χ3v) is 2.24. The number of rotatable bonds is 8. The maximum absolute atomic E-state index is 12.8. The zero-order valence-electron chi connectivity index (χ0n) is 11.4. The van der Waals surface area contributed by atoms with Crippen LogP contribution in [0.25, 0.3) is 0 Å².